The number of aromatic carboxylic acids is 1. The maximum Gasteiger partial charge on any atom is 0.387 e. The van der Waals surface area contributed by atoms with Crippen molar-refractivity contribution >= 4 is 17.8 Å². The lowest BCUT2D eigenvalue weighted by atomic mass is 9.95. The standard InChI is InChI=1S/C26H28F2N2O6/c1-15(31)30-13-20(10-21(30)24(32)29-12-17-3-2-4-19(9-17)25(33)34)18-7-8-22(36-26(27)28)23(11-18)35-14-16-5-6-16/h2-4,7-9,11,16,20-21,26H,5-6,10,12-14H2,1H3,(H,29,32)(H,33,34)/t20?,21-/m1/s1. The van der Waals surface area contributed by atoms with E-state index in [-0.39, 0.29) is 41.3 Å². The third kappa shape index (κ3) is 6.30. The first-order chi connectivity index (χ1) is 17.2. The number of hydrogen-bond donors (Lipinski definition) is 2. The van der Waals surface area contributed by atoms with Crippen LogP contribution in [-0.4, -0.2) is 53.6 Å². The van der Waals surface area contributed by atoms with E-state index in [2.05, 4.69) is 10.1 Å². The number of likely N-dealkylation sites (tertiary alicyclic amines) is 1. The van der Waals surface area contributed by atoms with Crippen molar-refractivity contribution in [2.24, 2.45) is 5.92 Å². The summed E-state index contributed by atoms with van der Waals surface area (Å²) in [6.07, 6.45) is 2.42. The van der Waals surface area contributed by atoms with Crippen LogP contribution in [0.1, 0.15) is 53.6 Å². The topological polar surface area (TPSA) is 105 Å². The predicted molar refractivity (Wildman–Crippen MR) is 125 cm³/mol. The molecule has 0 aromatic heterocycles. The molecule has 0 bridgehead atoms. The third-order valence-corrected chi connectivity index (χ3v) is 6.48. The first-order valence-corrected chi connectivity index (χ1v) is 11.8. The van der Waals surface area contributed by atoms with E-state index in [1.165, 1.54) is 30.0 Å². The molecule has 10 heteroatoms. The summed E-state index contributed by atoms with van der Waals surface area (Å²) in [6, 6.07) is 10.3. The van der Waals surface area contributed by atoms with Crippen LogP contribution in [0.25, 0.3) is 0 Å². The SMILES string of the molecule is CC(=O)N1CC(c2ccc(OC(F)F)c(OCC3CC3)c2)C[C@@H]1C(=O)NCc1cccc(C(=O)O)c1. The Morgan fingerprint density at radius 1 is 1.14 bits per heavy atom. The maximum atomic E-state index is 13.0. The molecule has 2 N–H and O–H groups in total. The minimum absolute atomic E-state index is 0.0475. The van der Waals surface area contributed by atoms with Gasteiger partial charge in [0.25, 0.3) is 0 Å². The number of hydrogen-bond acceptors (Lipinski definition) is 5. The molecule has 2 amide bonds. The van der Waals surface area contributed by atoms with E-state index >= 15 is 0 Å². The van der Waals surface area contributed by atoms with E-state index in [4.69, 9.17) is 9.84 Å². The van der Waals surface area contributed by atoms with Crippen LogP contribution in [0.4, 0.5) is 8.78 Å². The second-order valence-electron chi connectivity index (χ2n) is 9.18. The quantitative estimate of drug-likeness (QED) is 0.512. The smallest absolute Gasteiger partial charge is 0.387 e. The summed E-state index contributed by atoms with van der Waals surface area (Å²) in [7, 11) is 0. The molecule has 192 valence electrons. The van der Waals surface area contributed by atoms with Crippen molar-refractivity contribution in [2.75, 3.05) is 13.2 Å². The van der Waals surface area contributed by atoms with E-state index in [0.717, 1.165) is 18.4 Å². The van der Waals surface area contributed by atoms with E-state index in [0.29, 0.717) is 31.1 Å². The lowest BCUT2D eigenvalue weighted by Gasteiger charge is -2.22. The molecule has 1 aliphatic carbocycles. The molecule has 2 aliphatic rings. The number of nitrogens with one attached hydrogen (secondary N) is 1. The molecule has 0 spiro atoms. The van der Waals surface area contributed by atoms with Crippen LogP contribution in [0, 0.1) is 5.92 Å². The van der Waals surface area contributed by atoms with Gasteiger partial charge < -0.3 is 24.8 Å². The Hall–Kier alpha value is -3.69. The van der Waals surface area contributed by atoms with Crippen LogP contribution in [-0.2, 0) is 16.1 Å². The lowest BCUT2D eigenvalue weighted by molar-refractivity contribution is -0.136. The van der Waals surface area contributed by atoms with Crippen LogP contribution >= 0.6 is 0 Å². The molecule has 4 rings (SSSR count). The number of carbonyl (C=O) groups is 3. The van der Waals surface area contributed by atoms with Gasteiger partial charge in [-0.05, 0) is 60.6 Å². The number of rotatable bonds is 10. The second kappa shape index (κ2) is 10.9. The summed E-state index contributed by atoms with van der Waals surface area (Å²) in [5.41, 5.74) is 1.50. The first kappa shape index (κ1) is 25.4. The summed E-state index contributed by atoms with van der Waals surface area (Å²) in [6.45, 7) is -0.766. The molecular weight excluding hydrogens is 474 g/mol. The number of amides is 2. The van der Waals surface area contributed by atoms with Gasteiger partial charge in [0.2, 0.25) is 11.8 Å². The van der Waals surface area contributed by atoms with Gasteiger partial charge in [0, 0.05) is 25.9 Å². The van der Waals surface area contributed by atoms with Gasteiger partial charge >= 0.3 is 12.6 Å². The predicted octanol–water partition coefficient (Wildman–Crippen LogP) is 3.80. The molecule has 1 saturated heterocycles. The molecule has 0 radical (unpaired) electrons. The number of alkyl halides is 2. The lowest BCUT2D eigenvalue weighted by Crippen LogP contribution is -2.44. The molecule has 2 aromatic rings. The number of halogens is 2. The van der Waals surface area contributed by atoms with E-state index < -0.39 is 18.6 Å². The van der Waals surface area contributed by atoms with Crippen LogP contribution in [0.3, 0.4) is 0 Å². The molecule has 1 saturated carbocycles. The molecule has 2 fully saturated rings. The molecule has 1 aliphatic heterocycles. The fourth-order valence-corrected chi connectivity index (χ4v) is 4.37. The van der Waals surface area contributed by atoms with Crippen molar-refractivity contribution in [3.8, 4) is 11.5 Å². The Balaban J connectivity index is 1.47. The normalized spacial score (nSPS) is 19.3. The largest absolute Gasteiger partial charge is 0.489 e. The summed E-state index contributed by atoms with van der Waals surface area (Å²) in [5, 5.41) is 11.9. The summed E-state index contributed by atoms with van der Waals surface area (Å²) < 4.78 is 36.1. The van der Waals surface area contributed by atoms with Gasteiger partial charge in [-0.1, -0.05) is 18.2 Å². The number of carboxylic acids is 1. The van der Waals surface area contributed by atoms with Crippen LogP contribution in [0.5, 0.6) is 11.5 Å². The van der Waals surface area contributed by atoms with Crippen molar-refractivity contribution in [2.45, 2.75) is 51.3 Å². The molecule has 1 unspecified atom stereocenters. The average molecular weight is 503 g/mol. The minimum atomic E-state index is -2.98. The van der Waals surface area contributed by atoms with Crippen molar-refractivity contribution in [1.29, 1.82) is 0 Å². The van der Waals surface area contributed by atoms with Gasteiger partial charge in [0.1, 0.15) is 6.04 Å². The highest BCUT2D eigenvalue weighted by Gasteiger charge is 2.39. The number of carboxylic acid groups (broad SMARTS) is 1. The Bertz CT molecular complexity index is 1140. The van der Waals surface area contributed by atoms with Gasteiger partial charge in [-0.25, -0.2) is 4.79 Å². The molecule has 8 nitrogen and oxygen atoms in total. The molecule has 1 heterocycles. The van der Waals surface area contributed by atoms with Crippen molar-refractivity contribution in [3.05, 3.63) is 59.2 Å². The fourth-order valence-electron chi connectivity index (χ4n) is 4.37. The van der Waals surface area contributed by atoms with Crippen molar-refractivity contribution < 1.29 is 37.7 Å². The molecule has 2 atom stereocenters. The first-order valence-electron chi connectivity index (χ1n) is 11.8. The van der Waals surface area contributed by atoms with Crippen LogP contribution < -0.4 is 14.8 Å². The zero-order valence-electron chi connectivity index (χ0n) is 19.8. The summed E-state index contributed by atoms with van der Waals surface area (Å²) in [4.78, 5) is 38.0. The molecule has 36 heavy (non-hydrogen) atoms. The highest BCUT2D eigenvalue weighted by atomic mass is 19.3. The van der Waals surface area contributed by atoms with E-state index in [1.807, 2.05) is 0 Å². The monoisotopic (exact) mass is 502 g/mol. The Morgan fingerprint density at radius 2 is 1.92 bits per heavy atom. The number of carbonyl (C=O) groups excluding carboxylic acids is 2. The van der Waals surface area contributed by atoms with Crippen molar-refractivity contribution in [3.63, 3.8) is 0 Å². The highest BCUT2D eigenvalue weighted by Crippen LogP contribution is 2.39. The van der Waals surface area contributed by atoms with Crippen molar-refractivity contribution in [1.82, 2.24) is 10.2 Å². The van der Waals surface area contributed by atoms with Gasteiger partial charge in [-0.2, -0.15) is 8.78 Å². The average Bonchev–Trinajstić information content (AvgIpc) is 3.56. The fraction of sp³-hybridized carbons (Fsp3) is 0.423. The zero-order valence-corrected chi connectivity index (χ0v) is 19.8. The maximum absolute atomic E-state index is 13.0. The molecular formula is C26H28F2N2O6. The zero-order chi connectivity index (χ0) is 25.8. The summed E-state index contributed by atoms with van der Waals surface area (Å²) in [5.74, 6) is -1.28. The minimum Gasteiger partial charge on any atom is -0.489 e. The van der Waals surface area contributed by atoms with Gasteiger partial charge in [0.15, 0.2) is 11.5 Å². The van der Waals surface area contributed by atoms with E-state index in [1.54, 1.807) is 24.3 Å². The number of nitrogens with zero attached hydrogens (tertiary/aromatic N) is 1. The second-order valence-corrected chi connectivity index (χ2v) is 9.18. The van der Waals surface area contributed by atoms with Crippen LogP contribution in [0.15, 0.2) is 42.5 Å². The van der Waals surface area contributed by atoms with Gasteiger partial charge in [-0.3, -0.25) is 9.59 Å². The summed E-state index contributed by atoms with van der Waals surface area (Å²) >= 11 is 0. The number of benzene rings is 2. The highest BCUT2D eigenvalue weighted by molar-refractivity contribution is 5.88. The van der Waals surface area contributed by atoms with E-state index in [9.17, 15) is 23.2 Å². The van der Waals surface area contributed by atoms with Gasteiger partial charge in [-0.15, -0.1) is 0 Å². The van der Waals surface area contributed by atoms with Gasteiger partial charge in [0.05, 0.1) is 12.2 Å². The Morgan fingerprint density at radius 3 is 2.58 bits per heavy atom. The Labute approximate surface area is 207 Å². The third-order valence-electron chi connectivity index (χ3n) is 6.48. The molecule has 2 aromatic carbocycles. The Kier molecular flexibility index (Phi) is 7.71. The number of ether oxygens (including phenoxy) is 2. The van der Waals surface area contributed by atoms with Crippen LogP contribution in [0.2, 0.25) is 0 Å².